The fourth-order valence-corrected chi connectivity index (χ4v) is 1.30. The van der Waals surface area contributed by atoms with Crippen LogP contribution in [0.5, 0.6) is 0 Å². The molecule has 1 unspecified atom stereocenters. The third kappa shape index (κ3) is 3.16. The predicted octanol–water partition coefficient (Wildman–Crippen LogP) is 1.23. The molecule has 0 saturated heterocycles. The van der Waals surface area contributed by atoms with Crippen LogP contribution in [0.2, 0.25) is 0 Å². The van der Waals surface area contributed by atoms with E-state index in [4.69, 9.17) is 4.74 Å². The molecule has 0 saturated carbocycles. The molecule has 0 aliphatic rings. The number of hydrogen-bond donors (Lipinski definition) is 1. The van der Waals surface area contributed by atoms with Gasteiger partial charge in [0.2, 0.25) is 0 Å². The maximum atomic E-state index is 11.4. The molecule has 0 aromatic carbocycles. The third-order valence-electron chi connectivity index (χ3n) is 2.17. The fraction of sp³-hybridized carbons (Fsp3) is 0.636. The van der Waals surface area contributed by atoms with Gasteiger partial charge in [-0.3, -0.25) is 4.79 Å². The lowest BCUT2D eigenvalue weighted by molar-refractivity contribution is -0.145. The molecule has 0 fully saturated rings. The molecule has 0 bridgehead atoms. The van der Waals surface area contributed by atoms with Crippen molar-refractivity contribution >= 4 is 11.8 Å². The van der Waals surface area contributed by atoms with E-state index < -0.39 is 17.4 Å². The van der Waals surface area contributed by atoms with Crippen molar-refractivity contribution in [3.05, 3.63) is 11.6 Å². The zero-order valence-corrected chi connectivity index (χ0v) is 9.66. The number of ketones is 1. The molecular formula is C11H18O4. The predicted molar refractivity (Wildman–Crippen MR) is 56.3 cm³/mol. The molecule has 0 spiro atoms. The minimum Gasteiger partial charge on any atom is -0.463 e. The standard InChI is InChI=1S/C11H18O4/c1-5-8(10(13)15-7-3)11(4,14)9(12)6-2/h5,14H,6-7H2,1-4H3/b8-5+. The largest absolute Gasteiger partial charge is 0.463 e. The van der Waals surface area contributed by atoms with E-state index in [1.165, 1.54) is 13.0 Å². The number of Topliss-reactive ketones (excluding diaryl/α,β-unsaturated/α-hetero) is 1. The van der Waals surface area contributed by atoms with Crippen molar-refractivity contribution in [2.75, 3.05) is 6.61 Å². The molecule has 4 nitrogen and oxygen atoms in total. The SMILES string of the molecule is C/C=C(\C(=O)OCC)C(C)(O)C(=O)CC. The van der Waals surface area contributed by atoms with Crippen molar-refractivity contribution in [1.82, 2.24) is 0 Å². The van der Waals surface area contributed by atoms with Crippen LogP contribution in [0.3, 0.4) is 0 Å². The number of rotatable bonds is 5. The average Bonchev–Trinajstić information content (AvgIpc) is 2.17. The van der Waals surface area contributed by atoms with E-state index in [1.54, 1.807) is 20.8 Å². The van der Waals surface area contributed by atoms with Crippen LogP contribution in [0.15, 0.2) is 11.6 Å². The molecule has 15 heavy (non-hydrogen) atoms. The average molecular weight is 214 g/mol. The Morgan fingerprint density at radius 2 is 1.93 bits per heavy atom. The van der Waals surface area contributed by atoms with Crippen LogP contribution in [0.25, 0.3) is 0 Å². The van der Waals surface area contributed by atoms with Gasteiger partial charge in [0, 0.05) is 6.42 Å². The molecular weight excluding hydrogens is 196 g/mol. The fourth-order valence-electron chi connectivity index (χ4n) is 1.30. The maximum absolute atomic E-state index is 11.4. The number of allylic oxidation sites excluding steroid dienone is 1. The van der Waals surface area contributed by atoms with Crippen LogP contribution < -0.4 is 0 Å². The first-order valence-electron chi connectivity index (χ1n) is 5.01. The molecule has 0 radical (unpaired) electrons. The summed E-state index contributed by atoms with van der Waals surface area (Å²) in [6.45, 7) is 6.41. The van der Waals surface area contributed by atoms with Gasteiger partial charge in [0.15, 0.2) is 11.4 Å². The number of carbonyl (C=O) groups excluding carboxylic acids is 2. The number of esters is 1. The van der Waals surface area contributed by atoms with E-state index in [2.05, 4.69) is 0 Å². The summed E-state index contributed by atoms with van der Waals surface area (Å²) >= 11 is 0. The van der Waals surface area contributed by atoms with Gasteiger partial charge in [-0.05, 0) is 20.8 Å². The Hall–Kier alpha value is -1.16. The Labute approximate surface area is 89.9 Å². The van der Waals surface area contributed by atoms with Crippen LogP contribution in [0, 0.1) is 0 Å². The van der Waals surface area contributed by atoms with E-state index in [9.17, 15) is 14.7 Å². The zero-order valence-electron chi connectivity index (χ0n) is 9.66. The lowest BCUT2D eigenvalue weighted by Crippen LogP contribution is -2.40. The highest BCUT2D eigenvalue weighted by Gasteiger charge is 2.37. The molecule has 4 heteroatoms. The molecule has 1 N–H and O–H groups in total. The molecule has 0 rings (SSSR count). The van der Waals surface area contributed by atoms with Gasteiger partial charge in [0.25, 0.3) is 0 Å². The van der Waals surface area contributed by atoms with E-state index in [-0.39, 0.29) is 18.6 Å². The second-order valence-electron chi connectivity index (χ2n) is 3.27. The first kappa shape index (κ1) is 13.8. The van der Waals surface area contributed by atoms with Crippen LogP contribution in [-0.2, 0) is 14.3 Å². The van der Waals surface area contributed by atoms with Gasteiger partial charge in [-0.1, -0.05) is 13.0 Å². The normalized spacial score (nSPS) is 15.7. The van der Waals surface area contributed by atoms with Crippen LogP contribution in [-0.4, -0.2) is 29.1 Å². The topological polar surface area (TPSA) is 63.6 Å². The van der Waals surface area contributed by atoms with Crippen molar-refractivity contribution in [3.8, 4) is 0 Å². The lowest BCUT2D eigenvalue weighted by Gasteiger charge is -2.23. The summed E-state index contributed by atoms with van der Waals surface area (Å²) < 4.78 is 4.76. The summed E-state index contributed by atoms with van der Waals surface area (Å²) in [5, 5.41) is 9.92. The van der Waals surface area contributed by atoms with Crippen LogP contribution in [0.1, 0.15) is 34.1 Å². The van der Waals surface area contributed by atoms with Gasteiger partial charge in [0.05, 0.1) is 12.2 Å². The Balaban J connectivity index is 4.98. The molecule has 86 valence electrons. The van der Waals surface area contributed by atoms with Crippen molar-refractivity contribution < 1.29 is 19.4 Å². The summed E-state index contributed by atoms with van der Waals surface area (Å²) in [5.74, 6) is -1.05. The number of hydrogen-bond acceptors (Lipinski definition) is 4. The summed E-state index contributed by atoms with van der Waals surface area (Å²) in [7, 11) is 0. The second kappa shape index (κ2) is 5.66. The highest BCUT2D eigenvalue weighted by Crippen LogP contribution is 2.20. The van der Waals surface area contributed by atoms with Crippen LogP contribution >= 0.6 is 0 Å². The smallest absolute Gasteiger partial charge is 0.337 e. The first-order chi connectivity index (χ1) is 6.91. The Morgan fingerprint density at radius 3 is 2.27 bits per heavy atom. The van der Waals surface area contributed by atoms with Gasteiger partial charge in [0.1, 0.15) is 0 Å². The minimum atomic E-state index is -1.75. The summed E-state index contributed by atoms with van der Waals surface area (Å²) in [4.78, 5) is 22.9. The van der Waals surface area contributed by atoms with Gasteiger partial charge < -0.3 is 9.84 Å². The molecule has 0 aliphatic carbocycles. The van der Waals surface area contributed by atoms with Gasteiger partial charge >= 0.3 is 5.97 Å². The minimum absolute atomic E-state index is 0.00352. The Kier molecular flexibility index (Phi) is 5.22. The Morgan fingerprint density at radius 1 is 1.40 bits per heavy atom. The van der Waals surface area contributed by atoms with Crippen LogP contribution in [0.4, 0.5) is 0 Å². The molecule has 0 aliphatic heterocycles. The summed E-state index contributed by atoms with van der Waals surface area (Å²) in [6, 6.07) is 0. The van der Waals surface area contributed by atoms with Crippen molar-refractivity contribution in [1.29, 1.82) is 0 Å². The van der Waals surface area contributed by atoms with Gasteiger partial charge in [-0.2, -0.15) is 0 Å². The molecule has 1 atom stereocenters. The maximum Gasteiger partial charge on any atom is 0.337 e. The zero-order chi connectivity index (χ0) is 12.1. The summed E-state index contributed by atoms with van der Waals surface area (Å²) in [6.07, 6.45) is 1.58. The van der Waals surface area contributed by atoms with E-state index in [0.29, 0.717) is 0 Å². The second-order valence-corrected chi connectivity index (χ2v) is 3.27. The third-order valence-corrected chi connectivity index (χ3v) is 2.17. The summed E-state index contributed by atoms with van der Waals surface area (Å²) in [5.41, 5.74) is -1.76. The molecule has 0 aromatic heterocycles. The monoisotopic (exact) mass is 214 g/mol. The van der Waals surface area contributed by atoms with Gasteiger partial charge in [-0.25, -0.2) is 4.79 Å². The highest BCUT2D eigenvalue weighted by molar-refractivity contribution is 6.02. The molecule has 0 amide bonds. The number of ether oxygens (including phenoxy) is 1. The van der Waals surface area contributed by atoms with Crippen molar-refractivity contribution in [2.45, 2.75) is 39.7 Å². The quantitative estimate of drug-likeness (QED) is 0.552. The van der Waals surface area contributed by atoms with E-state index >= 15 is 0 Å². The lowest BCUT2D eigenvalue weighted by atomic mass is 9.89. The van der Waals surface area contributed by atoms with Gasteiger partial charge in [-0.15, -0.1) is 0 Å². The Bertz CT molecular complexity index is 276. The van der Waals surface area contributed by atoms with E-state index in [1.807, 2.05) is 0 Å². The van der Waals surface area contributed by atoms with Crippen molar-refractivity contribution in [3.63, 3.8) is 0 Å². The first-order valence-corrected chi connectivity index (χ1v) is 5.01. The molecule has 0 aromatic rings. The number of carbonyl (C=O) groups is 2. The van der Waals surface area contributed by atoms with E-state index in [0.717, 1.165) is 0 Å². The number of aliphatic hydroxyl groups is 1. The highest BCUT2D eigenvalue weighted by atomic mass is 16.5. The van der Waals surface area contributed by atoms with Crippen molar-refractivity contribution in [2.24, 2.45) is 0 Å². The molecule has 0 heterocycles.